The van der Waals surface area contributed by atoms with Gasteiger partial charge in [0, 0.05) is 23.9 Å². The van der Waals surface area contributed by atoms with E-state index in [-0.39, 0.29) is 0 Å². The Hall–Kier alpha value is -0.620. The van der Waals surface area contributed by atoms with Gasteiger partial charge in [0.25, 0.3) is 0 Å². The zero-order valence-corrected chi connectivity index (χ0v) is 5.79. The average molecular weight is 154 g/mol. The number of hydrogen-bond donors (Lipinski definition) is 0. The van der Waals surface area contributed by atoms with Gasteiger partial charge in [0.05, 0.1) is 0 Å². The second kappa shape index (κ2) is 2.79. The van der Waals surface area contributed by atoms with Crippen molar-refractivity contribution in [2.24, 2.45) is 0 Å². The molecule has 0 aromatic carbocycles. The molecule has 0 fully saturated rings. The minimum atomic E-state index is 0.405. The van der Waals surface area contributed by atoms with Crippen molar-refractivity contribution in [1.29, 1.82) is 10.5 Å². The summed E-state index contributed by atoms with van der Waals surface area (Å²) in [4.78, 5) is 0.810. The van der Waals surface area contributed by atoms with Gasteiger partial charge in [-0.1, -0.05) is 4.13 Å². The van der Waals surface area contributed by atoms with Crippen molar-refractivity contribution < 1.29 is 0 Å². The van der Waals surface area contributed by atoms with Crippen LogP contribution in [0.25, 0.3) is 0 Å². The van der Waals surface area contributed by atoms with E-state index in [1.807, 2.05) is 12.1 Å². The van der Waals surface area contributed by atoms with E-state index in [4.69, 9.17) is 10.5 Å². The van der Waals surface area contributed by atoms with Crippen LogP contribution in [0, 0.1) is 22.7 Å². The van der Waals surface area contributed by atoms with E-state index in [0.29, 0.717) is 9.81 Å². The molecule has 1 rings (SSSR count). The normalized spacial score (nSPS) is 17.1. The zero-order chi connectivity index (χ0) is 6.69. The minimum absolute atomic E-state index is 0.405. The summed E-state index contributed by atoms with van der Waals surface area (Å²) in [7, 11) is 0. The van der Waals surface area contributed by atoms with Crippen LogP contribution in [-0.4, -0.2) is 0 Å². The quantitative estimate of drug-likeness (QED) is 0.491. The lowest BCUT2D eigenvalue weighted by Gasteiger charge is -1.75. The SMILES string of the molecule is N#CC1=C(C#N)S[N]S1. The van der Waals surface area contributed by atoms with Crippen LogP contribution in [0.3, 0.4) is 0 Å². The Labute approximate surface area is 61.0 Å². The van der Waals surface area contributed by atoms with Gasteiger partial charge in [0.1, 0.15) is 21.9 Å². The molecule has 1 radical (unpaired) electrons. The minimum Gasteiger partial charge on any atom is -0.192 e. The lowest BCUT2D eigenvalue weighted by molar-refractivity contribution is 1.50. The number of allylic oxidation sites excluding steroid dienone is 2. The van der Waals surface area contributed by atoms with Crippen molar-refractivity contribution in [3.05, 3.63) is 9.81 Å². The van der Waals surface area contributed by atoms with Gasteiger partial charge >= 0.3 is 0 Å². The molecule has 0 aromatic heterocycles. The van der Waals surface area contributed by atoms with E-state index in [1.165, 1.54) is 0 Å². The topological polar surface area (TPSA) is 61.7 Å². The third kappa shape index (κ3) is 1.19. The molecule has 1 aliphatic heterocycles. The van der Waals surface area contributed by atoms with Crippen LogP contribution in [0.5, 0.6) is 0 Å². The Morgan fingerprint density at radius 2 is 1.56 bits per heavy atom. The van der Waals surface area contributed by atoms with Crippen LogP contribution in [0.1, 0.15) is 0 Å². The lowest BCUT2D eigenvalue weighted by atomic mass is 10.5. The summed E-state index contributed by atoms with van der Waals surface area (Å²) in [5, 5.41) is 16.6. The molecule has 3 nitrogen and oxygen atoms in total. The van der Waals surface area contributed by atoms with Crippen LogP contribution >= 0.6 is 23.9 Å². The van der Waals surface area contributed by atoms with Crippen molar-refractivity contribution in [3.8, 4) is 12.1 Å². The van der Waals surface area contributed by atoms with Crippen LogP contribution in [0.2, 0.25) is 0 Å². The highest BCUT2D eigenvalue weighted by Crippen LogP contribution is 2.34. The van der Waals surface area contributed by atoms with Gasteiger partial charge in [-0.05, 0) is 0 Å². The van der Waals surface area contributed by atoms with E-state index in [2.05, 4.69) is 4.13 Å². The Morgan fingerprint density at radius 1 is 1.11 bits per heavy atom. The first-order valence-electron chi connectivity index (χ1n) is 1.97. The van der Waals surface area contributed by atoms with E-state index in [1.54, 1.807) is 0 Å². The Bertz CT molecular complexity index is 207. The third-order valence-corrected chi connectivity index (χ3v) is 2.35. The predicted octanol–water partition coefficient (Wildman–Crippen LogP) is 1.16. The molecule has 0 atom stereocenters. The molecule has 0 saturated carbocycles. The highest BCUT2D eigenvalue weighted by Gasteiger charge is 2.16. The summed E-state index contributed by atoms with van der Waals surface area (Å²) in [5.41, 5.74) is 0. The maximum absolute atomic E-state index is 8.31. The molecule has 0 spiro atoms. The molecule has 0 saturated heterocycles. The smallest absolute Gasteiger partial charge is 0.128 e. The van der Waals surface area contributed by atoms with Gasteiger partial charge in [0.2, 0.25) is 0 Å². The largest absolute Gasteiger partial charge is 0.192 e. The van der Waals surface area contributed by atoms with E-state index >= 15 is 0 Å². The van der Waals surface area contributed by atoms with Crippen molar-refractivity contribution in [2.75, 3.05) is 0 Å². The van der Waals surface area contributed by atoms with E-state index in [0.717, 1.165) is 23.9 Å². The molecular formula is C4N3S2. The second-order valence-electron chi connectivity index (χ2n) is 1.14. The second-order valence-corrected chi connectivity index (χ2v) is 2.92. The van der Waals surface area contributed by atoms with Crippen molar-refractivity contribution in [1.82, 2.24) is 4.13 Å². The fourth-order valence-electron chi connectivity index (χ4n) is 0.318. The van der Waals surface area contributed by atoms with E-state index in [9.17, 15) is 0 Å². The standard InChI is InChI=1S/C4N3S2/c5-1-3-4(2-6)9-7-8-3. The zero-order valence-electron chi connectivity index (χ0n) is 4.16. The lowest BCUT2D eigenvalue weighted by Crippen LogP contribution is -1.66. The summed E-state index contributed by atoms with van der Waals surface area (Å²) < 4.78 is 3.70. The Balaban J connectivity index is 2.90. The molecular weight excluding hydrogens is 154 g/mol. The number of nitrogens with zero attached hydrogens (tertiary/aromatic N) is 3. The van der Waals surface area contributed by atoms with Gasteiger partial charge in [0.15, 0.2) is 0 Å². The van der Waals surface area contributed by atoms with Crippen molar-refractivity contribution in [2.45, 2.75) is 0 Å². The van der Waals surface area contributed by atoms with E-state index < -0.39 is 0 Å². The molecule has 1 heterocycles. The van der Waals surface area contributed by atoms with Crippen LogP contribution in [-0.2, 0) is 0 Å². The van der Waals surface area contributed by atoms with Gasteiger partial charge in [-0.2, -0.15) is 10.5 Å². The summed E-state index contributed by atoms with van der Waals surface area (Å²) in [6.45, 7) is 0. The summed E-state index contributed by atoms with van der Waals surface area (Å²) in [6.07, 6.45) is 0. The summed E-state index contributed by atoms with van der Waals surface area (Å²) in [6, 6.07) is 3.74. The average Bonchev–Trinajstić information content (AvgIpc) is 2.33. The summed E-state index contributed by atoms with van der Waals surface area (Å²) in [5.74, 6) is 0. The number of rotatable bonds is 0. The molecule has 9 heavy (non-hydrogen) atoms. The fourth-order valence-corrected chi connectivity index (χ4v) is 1.63. The molecule has 0 aliphatic carbocycles. The molecule has 0 unspecified atom stereocenters. The monoisotopic (exact) mass is 154 g/mol. The molecule has 0 aromatic rings. The Morgan fingerprint density at radius 3 is 1.89 bits per heavy atom. The molecule has 5 heteroatoms. The van der Waals surface area contributed by atoms with Gasteiger partial charge in [-0.25, -0.2) is 0 Å². The molecule has 0 bridgehead atoms. The van der Waals surface area contributed by atoms with Gasteiger partial charge in [-0.15, -0.1) is 0 Å². The third-order valence-electron chi connectivity index (χ3n) is 0.666. The molecule has 0 amide bonds. The molecule has 43 valence electrons. The molecule has 1 aliphatic rings. The van der Waals surface area contributed by atoms with Crippen LogP contribution in [0.4, 0.5) is 0 Å². The Kier molecular flexibility index (Phi) is 2.01. The first-order chi connectivity index (χ1) is 4.38. The number of hydrogen-bond acceptors (Lipinski definition) is 4. The summed E-state index contributed by atoms with van der Waals surface area (Å²) >= 11 is 2.12. The van der Waals surface area contributed by atoms with Gasteiger partial charge < -0.3 is 0 Å². The first-order valence-corrected chi connectivity index (χ1v) is 3.52. The fraction of sp³-hybridized carbons (Fsp3) is 0. The molecule has 0 N–H and O–H groups in total. The highest BCUT2D eigenvalue weighted by molar-refractivity contribution is 8.19. The van der Waals surface area contributed by atoms with Gasteiger partial charge in [-0.3, -0.25) is 0 Å². The highest BCUT2D eigenvalue weighted by atomic mass is 32.2. The van der Waals surface area contributed by atoms with Crippen LogP contribution < -0.4 is 4.13 Å². The first kappa shape index (κ1) is 6.50. The maximum Gasteiger partial charge on any atom is 0.128 e. The maximum atomic E-state index is 8.31. The number of nitriles is 2. The van der Waals surface area contributed by atoms with Crippen LogP contribution in [0.15, 0.2) is 9.81 Å². The predicted molar refractivity (Wildman–Crippen MR) is 35.6 cm³/mol. The van der Waals surface area contributed by atoms with Crippen molar-refractivity contribution >= 4 is 23.9 Å². The van der Waals surface area contributed by atoms with Crippen molar-refractivity contribution in [3.63, 3.8) is 0 Å².